The molecule has 0 bridgehead atoms. The van der Waals surface area contributed by atoms with E-state index in [1.807, 2.05) is 43.3 Å². The van der Waals surface area contributed by atoms with Crippen molar-refractivity contribution >= 4 is 11.6 Å². The minimum absolute atomic E-state index is 0.382. The lowest BCUT2D eigenvalue weighted by Crippen LogP contribution is -1.99. The molecule has 0 heterocycles. The Hall–Kier alpha value is -1.71. The summed E-state index contributed by atoms with van der Waals surface area (Å²) in [7, 11) is 0. The fourth-order valence-corrected chi connectivity index (χ4v) is 1.90. The summed E-state index contributed by atoms with van der Waals surface area (Å²) >= 11 is 5.93. The standard InChI is InChI=1S/C15H16ClNO2/c1-2-18-13-4-6-14(7-5-13)19-15-8-3-12(16)9-11(15)10-17/h3-9H,2,10,17H2,1H3. The van der Waals surface area contributed by atoms with Crippen LogP contribution in [0.2, 0.25) is 5.02 Å². The largest absolute Gasteiger partial charge is 0.494 e. The fourth-order valence-electron chi connectivity index (χ4n) is 1.70. The Kier molecular flexibility index (Phi) is 4.66. The molecule has 0 amide bonds. The second-order valence-corrected chi connectivity index (χ2v) is 4.40. The lowest BCUT2D eigenvalue weighted by molar-refractivity contribution is 0.339. The predicted octanol–water partition coefficient (Wildman–Crippen LogP) is 3.99. The molecule has 4 heteroatoms. The minimum atomic E-state index is 0.382. The highest BCUT2D eigenvalue weighted by Gasteiger charge is 2.05. The van der Waals surface area contributed by atoms with E-state index < -0.39 is 0 Å². The van der Waals surface area contributed by atoms with Gasteiger partial charge in [-0.15, -0.1) is 0 Å². The fraction of sp³-hybridized carbons (Fsp3) is 0.200. The normalized spacial score (nSPS) is 10.3. The van der Waals surface area contributed by atoms with Gasteiger partial charge in [0.05, 0.1) is 6.61 Å². The number of halogens is 1. The molecule has 0 aliphatic heterocycles. The van der Waals surface area contributed by atoms with Gasteiger partial charge in [-0.25, -0.2) is 0 Å². The van der Waals surface area contributed by atoms with Crippen LogP contribution in [0.15, 0.2) is 42.5 Å². The van der Waals surface area contributed by atoms with Crippen LogP contribution in [0.3, 0.4) is 0 Å². The molecule has 0 unspecified atom stereocenters. The first-order valence-electron chi connectivity index (χ1n) is 6.12. The SMILES string of the molecule is CCOc1ccc(Oc2ccc(Cl)cc2CN)cc1. The molecule has 2 aromatic rings. The van der Waals surface area contributed by atoms with Crippen LogP contribution in [-0.2, 0) is 6.54 Å². The second-order valence-electron chi connectivity index (χ2n) is 3.96. The van der Waals surface area contributed by atoms with Gasteiger partial charge in [0.25, 0.3) is 0 Å². The summed E-state index contributed by atoms with van der Waals surface area (Å²) in [6.07, 6.45) is 0. The van der Waals surface area contributed by atoms with Crippen molar-refractivity contribution in [3.8, 4) is 17.2 Å². The molecule has 3 nitrogen and oxygen atoms in total. The van der Waals surface area contributed by atoms with Crippen molar-refractivity contribution in [3.63, 3.8) is 0 Å². The zero-order chi connectivity index (χ0) is 13.7. The van der Waals surface area contributed by atoms with Crippen molar-refractivity contribution in [2.24, 2.45) is 5.73 Å². The van der Waals surface area contributed by atoms with Crippen LogP contribution in [0.25, 0.3) is 0 Å². The third-order valence-corrected chi connectivity index (χ3v) is 2.84. The maximum Gasteiger partial charge on any atom is 0.132 e. The molecule has 19 heavy (non-hydrogen) atoms. The third-order valence-electron chi connectivity index (χ3n) is 2.60. The number of ether oxygens (including phenoxy) is 2. The molecule has 0 saturated carbocycles. The molecule has 0 spiro atoms. The molecule has 2 N–H and O–H groups in total. The number of benzene rings is 2. The van der Waals surface area contributed by atoms with E-state index in [2.05, 4.69) is 0 Å². The van der Waals surface area contributed by atoms with Crippen molar-refractivity contribution in [1.29, 1.82) is 0 Å². The van der Waals surface area contributed by atoms with Crippen molar-refractivity contribution in [2.75, 3.05) is 6.61 Å². The van der Waals surface area contributed by atoms with Gasteiger partial charge in [0.1, 0.15) is 17.2 Å². The predicted molar refractivity (Wildman–Crippen MR) is 77.0 cm³/mol. The van der Waals surface area contributed by atoms with Crippen molar-refractivity contribution < 1.29 is 9.47 Å². The molecule has 0 saturated heterocycles. The van der Waals surface area contributed by atoms with Crippen molar-refractivity contribution in [3.05, 3.63) is 53.1 Å². The van der Waals surface area contributed by atoms with E-state index in [1.54, 1.807) is 6.07 Å². The zero-order valence-electron chi connectivity index (χ0n) is 10.7. The van der Waals surface area contributed by atoms with E-state index in [1.165, 1.54) is 0 Å². The first-order valence-corrected chi connectivity index (χ1v) is 6.50. The zero-order valence-corrected chi connectivity index (χ0v) is 11.5. The molecule has 2 rings (SSSR count). The molecular weight excluding hydrogens is 262 g/mol. The third kappa shape index (κ3) is 3.63. The van der Waals surface area contributed by atoms with Crippen molar-refractivity contribution in [1.82, 2.24) is 0 Å². The van der Waals surface area contributed by atoms with Crippen molar-refractivity contribution in [2.45, 2.75) is 13.5 Å². The van der Waals surface area contributed by atoms with Crippen LogP contribution in [0, 0.1) is 0 Å². The van der Waals surface area contributed by atoms with Crippen LogP contribution in [0.5, 0.6) is 17.2 Å². The quantitative estimate of drug-likeness (QED) is 0.899. The van der Waals surface area contributed by atoms with Crippen LogP contribution >= 0.6 is 11.6 Å². The first-order chi connectivity index (χ1) is 9.22. The summed E-state index contributed by atoms with van der Waals surface area (Å²) in [4.78, 5) is 0. The Bertz CT molecular complexity index is 540. The second kappa shape index (κ2) is 6.45. The van der Waals surface area contributed by atoms with Gasteiger partial charge in [-0.3, -0.25) is 0 Å². The smallest absolute Gasteiger partial charge is 0.132 e. The average molecular weight is 278 g/mol. The van der Waals surface area contributed by atoms with Gasteiger partial charge in [-0.2, -0.15) is 0 Å². The van der Waals surface area contributed by atoms with Crippen LogP contribution < -0.4 is 15.2 Å². The lowest BCUT2D eigenvalue weighted by Gasteiger charge is -2.11. The Balaban J connectivity index is 2.16. The van der Waals surface area contributed by atoms with Gasteiger partial charge in [0.2, 0.25) is 0 Å². The van der Waals surface area contributed by atoms with Crippen LogP contribution in [-0.4, -0.2) is 6.61 Å². The van der Waals surface area contributed by atoms with E-state index >= 15 is 0 Å². The Labute approximate surface area is 117 Å². The summed E-state index contributed by atoms with van der Waals surface area (Å²) < 4.78 is 11.2. The summed E-state index contributed by atoms with van der Waals surface area (Å²) in [5.41, 5.74) is 6.55. The van der Waals surface area contributed by atoms with Gasteiger partial charge in [0.15, 0.2) is 0 Å². The summed E-state index contributed by atoms with van der Waals surface area (Å²) in [5.74, 6) is 2.28. The van der Waals surface area contributed by atoms with Gasteiger partial charge < -0.3 is 15.2 Å². The topological polar surface area (TPSA) is 44.5 Å². The maximum absolute atomic E-state index is 5.93. The lowest BCUT2D eigenvalue weighted by atomic mass is 10.2. The number of hydrogen-bond acceptors (Lipinski definition) is 3. The monoisotopic (exact) mass is 277 g/mol. The summed E-state index contributed by atoms with van der Waals surface area (Å²) in [5, 5.41) is 0.652. The van der Waals surface area contributed by atoms with Crippen LogP contribution in [0.4, 0.5) is 0 Å². The summed E-state index contributed by atoms with van der Waals surface area (Å²) in [6.45, 7) is 2.98. The first kappa shape index (κ1) is 13.7. The Morgan fingerprint density at radius 3 is 2.37 bits per heavy atom. The molecule has 0 aliphatic carbocycles. The van der Waals surface area contributed by atoms with Gasteiger partial charge in [-0.05, 0) is 49.4 Å². The molecule has 0 atom stereocenters. The molecule has 0 aliphatic rings. The molecule has 0 fully saturated rings. The highest BCUT2D eigenvalue weighted by molar-refractivity contribution is 6.30. The number of nitrogens with two attached hydrogens (primary N) is 1. The number of rotatable bonds is 5. The van der Waals surface area contributed by atoms with E-state index in [0.717, 1.165) is 22.8 Å². The van der Waals surface area contributed by atoms with Crippen LogP contribution in [0.1, 0.15) is 12.5 Å². The van der Waals surface area contributed by atoms with E-state index in [0.29, 0.717) is 18.2 Å². The number of hydrogen-bond donors (Lipinski definition) is 1. The summed E-state index contributed by atoms with van der Waals surface area (Å²) in [6, 6.07) is 12.9. The Morgan fingerprint density at radius 1 is 1.05 bits per heavy atom. The Morgan fingerprint density at radius 2 is 1.74 bits per heavy atom. The minimum Gasteiger partial charge on any atom is -0.494 e. The van der Waals surface area contributed by atoms with Gasteiger partial charge in [-0.1, -0.05) is 11.6 Å². The molecule has 100 valence electrons. The maximum atomic E-state index is 5.93. The molecule has 2 aromatic carbocycles. The van der Waals surface area contributed by atoms with Gasteiger partial charge >= 0.3 is 0 Å². The molecule has 0 aromatic heterocycles. The molecular formula is C15H16ClNO2. The highest BCUT2D eigenvalue weighted by atomic mass is 35.5. The highest BCUT2D eigenvalue weighted by Crippen LogP contribution is 2.28. The molecule has 0 radical (unpaired) electrons. The van der Waals surface area contributed by atoms with Gasteiger partial charge in [0, 0.05) is 17.1 Å². The van der Waals surface area contributed by atoms with E-state index in [4.69, 9.17) is 26.8 Å². The van der Waals surface area contributed by atoms with E-state index in [9.17, 15) is 0 Å². The van der Waals surface area contributed by atoms with E-state index in [-0.39, 0.29) is 0 Å². The average Bonchev–Trinajstić information content (AvgIpc) is 2.43.